The molecule has 3 nitrogen and oxygen atoms in total. The van der Waals surface area contributed by atoms with Crippen LogP contribution in [0.1, 0.15) is 32.6 Å². The number of piperidine rings is 2. The summed E-state index contributed by atoms with van der Waals surface area (Å²) in [5, 5.41) is 8.91. The summed E-state index contributed by atoms with van der Waals surface area (Å²) < 4.78 is 0. The van der Waals surface area contributed by atoms with Crippen molar-refractivity contribution in [3.63, 3.8) is 0 Å². The topological polar surface area (TPSA) is 26.7 Å². The zero-order valence-electron chi connectivity index (χ0n) is 10.6. The number of likely N-dealkylation sites (tertiary alicyclic amines) is 2. The summed E-state index contributed by atoms with van der Waals surface area (Å²) >= 11 is 0. The normalized spacial score (nSPS) is 27.4. The third kappa shape index (κ3) is 3.19. The number of aliphatic hydroxyl groups excluding tert-OH is 1. The Morgan fingerprint density at radius 2 is 1.62 bits per heavy atom. The quantitative estimate of drug-likeness (QED) is 0.783. The molecule has 0 saturated carbocycles. The fraction of sp³-hybridized carbons (Fsp3) is 1.00. The van der Waals surface area contributed by atoms with Gasteiger partial charge in [0.25, 0.3) is 0 Å². The van der Waals surface area contributed by atoms with Gasteiger partial charge < -0.3 is 14.9 Å². The van der Waals surface area contributed by atoms with Crippen LogP contribution in [0.4, 0.5) is 0 Å². The number of hydrogen-bond acceptors (Lipinski definition) is 3. The molecule has 0 unspecified atom stereocenters. The average Bonchev–Trinajstić information content (AvgIpc) is 2.32. The molecule has 0 atom stereocenters. The van der Waals surface area contributed by atoms with Crippen molar-refractivity contribution < 1.29 is 5.11 Å². The summed E-state index contributed by atoms with van der Waals surface area (Å²) in [6.07, 6.45) is 5.37. The predicted molar refractivity (Wildman–Crippen MR) is 66.5 cm³/mol. The molecule has 2 saturated heterocycles. The van der Waals surface area contributed by atoms with Crippen molar-refractivity contribution in [3.05, 3.63) is 0 Å². The Morgan fingerprint density at radius 1 is 1.00 bits per heavy atom. The van der Waals surface area contributed by atoms with E-state index in [9.17, 15) is 0 Å². The molecule has 16 heavy (non-hydrogen) atoms. The highest BCUT2D eigenvalue weighted by Crippen LogP contribution is 2.23. The van der Waals surface area contributed by atoms with Crippen LogP contribution in [0.3, 0.4) is 0 Å². The molecule has 0 radical (unpaired) electrons. The Labute approximate surface area is 99.4 Å². The van der Waals surface area contributed by atoms with Crippen molar-refractivity contribution in [2.24, 2.45) is 5.92 Å². The lowest BCUT2D eigenvalue weighted by molar-refractivity contribution is 0.0735. The SMILES string of the molecule is CC1CCN(C2CCN(CCO)CC2)CC1. The second kappa shape index (κ2) is 5.99. The summed E-state index contributed by atoms with van der Waals surface area (Å²) in [6, 6.07) is 0.822. The monoisotopic (exact) mass is 226 g/mol. The van der Waals surface area contributed by atoms with E-state index < -0.39 is 0 Å². The molecule has 1 N–H and O–H groups in total. The number of β-amino-alcohol motifs (C(OH)–C–C–N with tert-alkyl or cyclic N) is 1. The van der Waals surface area contributed by atoms with Crippen LogP contribution in [0, 0.1) is 5.92 Å². The lowest BCUT2D eigenvalue weighted by Gasteiger charge is -2.41. The number of aliphatic hydroxyl groups is 1. The van der Waals surface area contributed by atoms with E-state index in [2.05, 4.69) is 16.7 Å². The van der Waals surface area contributed by atoms with E-state index in [0.717, 1.165) is 18.5 Å². The van der Waals surface area contributed by atoms with Gasteiger partial charge in [-0.05, 0) is 57.8 Å². The Balaban J connectivity index is 1.72. The highest BCUT2D eigenvalue weighted by Gasteiger charge is 2.26. The third-order valence-electron chi connectivity index (χ3n) is 4.31. The zero-order chi connectivity index (χ0) is 11.4. The molecule has 0 amide bonds. The summed E-state index contributed by atoms with van der Waals surface area (Å²) in [4.78, 5) is 5.10. The van der Waals surface area contributed by atoms with Crippen LogP contribution in [0.25, 0.3) is 0 Å². The van der Waals surface area contributed by atoms with Gasteiger partial charge in [0, 0.05) is 12.6 Å². The molecule has 0 aromatic rings. The first-order chi connectivity index (χ1) is 7.79. The molecule has 0 aliphatic carbocycles. The van der Waals surface area contributed by atoms with E-state index in [0.29, 0.717) is 6.61 Å². The van der Waals surface area contributed by atoms with E-state index in [1.807, 2.05) is 0 Å². The van der Waals surface area contributed by atoms with Crippen LogP contribution < -0.4 is 0 Å². The van der Waals surface area contributed by atoms with Crippen LogP contribution in [0.15, 0.2) is 0 Å². The number of rotatable bonds is 3. The van der Waals surface area contributed by atoms with Crippen molar-refractivity contribution in [2.75, 3.05) is 39.3 Å². The molecule has 3 heteroatoms. The molecule has 2 heterocycles. The van der Waals surface area contributed by atoms with Crippen LogP contribution in [-0.4, -0.2) is 60.3 Å². The second-order valence-corrected chi connectivity index (χ2v) is 5.51. The van der Waals surface area contributed by atoms with E-state index in [-0.39, 0.29) is 0 Å². The van der Waals surface area contributed by atoms with Crippen LogP contribution in [0.5, 0.6) is 0 Å². The third-order valence-corrected chi connectivity index (χ3v) is 4.31. The molecule has 2 fully saturated rings. The van der Waals surface area contributed by atoms with Gasteiger partial charge in [-0.3, -0.25) is 0 Å². The smallest absolute Gasteiger partial charge is 0.0558 e. The van der Waals surface area contributed by atoms with Crippen LogP contribution in [-0.2, 0) is 0 Å². The molecule has 2 aliphatic heterocycles. The van der Waals surface area contributed by atoms with Crippen LogP contribution in [0.2, 0.25) is 0 Å². The van der Waals surface area contributed by atoms with Gasteiger partial charge in [-0.2, -0.15) is 0 Å². The van der Waals surface area contributed by atoms with E-state index >= 15 is 0 Å². The standard InChI is InChI=1S/C13H26N2O/c1-12-2-8-15(9-3-12)13-4-6-14(7-5-13)10-11-16/h12-13,16H,2-11H2,1H3. The van der Waals surface area contributed by atoms with Gasteiger partial charge in [0.05, 0.1) is 6.61 Å². The second-order valence-electron chi connectivity index (χ2n) is 5.51. The molecular formula is C13H26N2O. The lowest BCUT2D eigenvalue weighted by Crippen LogP contribution is -2.47. The molecule has 0 spiro atoms. The minimum atomic E-state index is 0.311. The maximum atomic E-state index is 8.91. The minimum absolute atomic E-state index is 0.311. The summed E-state index contributed by atoms with van der Waals surface area (Å²) in [7, 11) is 0. The predicted octanol–water partition coefficient (Wildman–Crippen LogP) is 1.17. The van der Waals surface area contributed by atoms with Gasteiger partial charge >= 0.3 is 0 Å². The Hall–Kier alpha value is -0.120. The molecule has 0 bridgehead atoms. The first-order valence-electron chi connectivity index (χ1n) is 6.87. The van der Waals surface area contributed by atoms with Gasteiger partial charge in [0.15, 0.2) is 0 Å². The highest BCUT2D eigenvalue weighted by molar-refractivity contribution is 4.82. The van der Waals surface area contributed by atoms with E-state index in [1.54, 1.807) is 0 Å². The molecule has 0 aromatic heterocycles. The van der Waals surface area contributed by atoms with Crippen molar-refractivity contribution >= 4 is 0 Å². The number of nitrogens with zero attached hydrogens (tertiary/aromatic N) is 2. The van der Waals surface area contributed by atoms with Gasteiger partial charge in [-0.15, -0.1) is 0 Å². The van der Waals surface area contributed by atoms with E-state index in [4.69, 9.17) is 5.11 Å². The lowest BCUT2D eigenvalue weighted by atomic mass is 9.95. The van der Waals surface area contributed by atoms with Gasteiger partial charge in [-0.25, -0.2) is 0 Å². The molecule has 94 valence electrons. The average molecular weight is 226 g/mol. The van der Waals surface area contributed by atoms with Crippen molar-refractivity contribution in [2.45, 2.75) is 38.6 Å². The number of hydrogen-bond donors (Lipinski definition) is 1. The first-order valence-corrected chi connectivity index (χ1v) is 6.87. The summed E-state index contributed by atoms with van der Waals surface area (Å²) in [5.74, 6) is 0.936. The van der Waals surface area contributed by atoms with Gasteiger partial charge in [-0.1, -0.05) is 6.92 Å². The van der Waals surface area contributed by atoms with Crippen molar-refractivity contribution in [3.8, 4) is 0 Å². The van der Waals surface area contributed by atoms with Crippen molar-refractivity contribution in [1.82, 2.24) is 9.80 Å². The highest BCUT2D eigenvalue weighted by atomic mass is 16.3. The molecule has 0 aromatic carbocycles. The van der Waals surface area contributed by atoms with Gasteiger partial charge in [0.1, 0.15) is 0 Å². The van der Waals surface area contributed by atoms with Crippen molar-refractivity contribution in [1.29, 1.82) is 0 Å². The zero-order valence-corrected chi connectivity index (χ0v) is 10.6. The summed E-state index contributed by atoms with van der Waals surface area (Å²) in [5.41, 5.74) is 0. The van der Waals surface area contributed by atoms with Gasteiger partial charge in [0.2, 0.25) is 0 Å². The first kappa shape index (κ1) is 12.3. The fourth-order valence-electron chi connectivity index (χ4n) is 3.04. The maximum Gasteiger partial charge on any atom is 0.0558 e. The Kier molecular flexibility index (Phi) is 4.62. The van der Waals surface area contributed by atoms with Crippen LogP contribution >= 0.6 is 0 Å². The van der Waals surface area contributed by atoms with E-state index in [1.165, 1.54) is 51.9 Å². The summed E-state index contributed by atoms with van der Waals surface area (Å²) in [6.45, 7) is 8.53. The minimum Gasteiger partial charge on any atom is -0.395 e. The maximum absolute atomic E-state index is 8.91. The largest absolute Gasteiger partial charge is 0.395 e. The Morgan fingerprint density at radius 3 is 2.19 bits per heavy atom. The fourth-order valence-corrected chi connectivity index (χ4v) is 3.04. The molecular weight excluding hydrogens is 200 g/mol. The molecule has 2 rings (SSSR count). The molecule has 2 aliphatic rings. The Bertz CT molecular complexity index is 194.